The average molecular weight is 177 g/mol. The molecular weight excluding hydrogens is 166 g/mol. The monoisotopic (exact) mass is 177 g/mol. The van der Waals surface area contributed by atoms with Crippen LogP contribution in [0.15, 0.2) is 0 Å². The number of rotatable bonds is 5. The summed E-state index contributed by atoms with van der Waals surface area (Å²) in [5, 5.41) is 25.3. The summed E-state index contributed by atoms with van der Waals surface area (Å²) < 4.78 is 0. The molecule has 0 heterocycles. The van der Waals surface area contributed by atoms with E-state index >= 15 is 0 Å². The van der Waals surface area contributed by atoms with Crippen molar-refractivity contribution in [1.29, 1.82) is 0 Å². The van der Waals surface area contributed by atoms with Crippen molar-refractivity contribution in [3.8, 4) is 0 Å². The Hall–Kier alpha value is -1.14. The molecule has 0 aliphatic rings. The largest absolute Gasteiger partial charge is 0.481 e. The minimum Gasteiger partial charge on any atom is -0.481 e. The van der Waals surface area contributed by atoms with Crippen LogP contribution in [0.1, 0.15) is 12.8 Å². The quantitative estimate of drug-likeness (QED) is 0.411. The van der Waals surface area contributed by atoms with Gasteiger partial charge in [-0.2, -0.15) is 0 Å². The zero-order valence-corrected chi connectivity index (χ0v) is 6.36. The van der Waals surface area contributed by atoms with Gasteiger partial charge in [-0.05, 0) is 6.42 Å². The molecule has 0 unspecified atom stereocenters. The number of carbonyl (C=O) groups is 2. The molecule has 0 spiro atoms. The molecule has 0 aliphatic heterocycles. The molecule has 70 valence electrons. The van der Waals surface area contributed by atoms with Crippen LogP contribution in [0.2, 0.25) is 0 Å². The minimum atomic E-state index is -1.83. The second-order valence-corrected chi connectivity index (χ2v) is 2.51. The maximum Gasteiger partial charge on any atom is 0.326 e. The standard InChI is InChI=1S/C6H11NO5/c7-6(3-8,5(11)12)2-1-4(9)10/h8H,1-3,7H2,(H,9,10)(H,11,12)/t6-/m1/s1. The first kappa shape index (κ1) is 10.9. The first-order chi connectivity index (χ1) is 5.42. The van der Waals surface area contributed by atoms with Gasteiger partial charge < -0.3 is 21.1 Å². The Morgan fingerprint density at radius 3 is 2.08 bits per heavy atom. The van der Waals surface area contributed by atoms with E-state index in [1.54, 1.807) is 0 Å². The normalized spacial score (nSPS) is 15.2. The number of nitrogens with two attached hydrogens (primary N) is 1. The fourth-order valence-corrected chi connectivity index (χ4v) is 0.584. The molecule has 0 fully saturated rings. The Morgan fingerprint density at radius 2 is 1.83 bits per heavy atom. The first-order valence-electron chi connectivity index (χ1n) is 3.27. The van der Waals surface area contributed by atoms with Crippen LogP contribution in [0.3, 0.4) is 0 Å². The number of carboxylic acid groups (broad SMARTS) is 2. The van der Waals surface area contributed by atoms with E-state index in [4.69, 9.17) is 21.1 Å². The number of hydrogen-bond acceptors (Lipinski definition) is 4. The van der Waals surface area contributed by atoms with E-state index in [0.717, 1.165) is 0 Å². The predicted octanol–water partition coefficient (Wildman–Crippen LogP) is -1.37. The van der Waals surface area contributed by atoms with Crippen molar-refractivity contribution in [3.05, 3.63) is 0 Å². The van der Waals surface area contributed by atoms with E-state index in [1.165, 1.54) is 0 Å². The Kier molecular flexibility index (Phi) is 3.65. The van der Waals surface area contributed by atoms with Crippen molar-refractivity contribution < 1.29 is 24.9 Å². The van der Waals surface area contributed by atoms with E-state index < -0.39 is 24.1 Å². The summed E-state index contributed by atoms with van der Waals surface area (Å²) in [5.41, 5.74) is 3.34. The lowest BCUT2D eigenvalue weighted by atomic mass is 9.96. The predicted molar refractivity (Wildman–Crippen MR) is 38.5 cm³/mol. The van der Waals surface area contributed by atoms with Gasteiger partial charge in [-0.15, -0.1) is 0 Å². The highest BCUT2D eigenvalue weighted by atomic mass is 16.4. The molecule has 12 heavy (non-hydrogen) atoms. The van der Waals surface area contributed by atoms with E-state index in [9.17, 15) is 9.59 Å². The molecule has 0 saturated carbocycles. The van der Waals surface area contributed by atoms with Crippen LogP contribution in [0, 0.1) is 0 Å². The van der Waals surface area contributed by atoms with Crippen molar-refractivity contribution in [2.24, 2.45) is 5.73 Å². The third-order valence-electron chi connectivity index (χ3n) is 1.49. The highest BCUT2D eigenvalue weighted by molar-refractivity contribution is 5.79. The van der Waals surface area contributed by atoms with Gasteiger partial charge in [-0.3, -0.25) is 9.59 Å². The van der Waals surface area contributed by atoms with Crippen LogP contribution in [0.4, 0.5) is 0 Å². The van der Waals surface area contributed by atoms with E-state index in [1.807, 2.05) is 0 Å². The van der Waals surface area contributed by atoms with Crippen LogP contribution < -0.4 is 5.73 Å². The zero-order valence-electron chi connectivity index (χ0n) is 6.36. The minimum absolute atomic E-state index is 0.284. The maximum absolute atomic E-state index is 10.4. The molecule has 6 nitrogen and oxygen atoms in total. The summed E-state index contributed by atoms with van der Waals surface area (Å²) in [6.07, 6.45) is -0.655. The maximum atomic E-state index is 10.4. The Bertz CT molecular complexity index is 192. The van der Waals surface area contributed by atoms with Crippen LogP contribution in [-0.4, -0.2) is 39.4 Å². The van der Waals surface area contributed by atoms with Gasteiger partial charge in [0.2, 0.25) is 0 Å². The molecule has 0 saturated heterocycles. The van der Waals surface area contributed by atoms with Crippen LogP contribution in [0.25, 0.3) is 0 Å². The first-order valence-corrected chi connectivity index (χ1v) is 3.27. The summed E-state index contributed by atoms with van der Waals surface area (Å²) >= 11 is 0. The van der Waals surface area contributed by atoms with E-state index in [2.05, 4.69) is 0 Å². The van der Waals surface area contributed by atoms with Gasteiger partial charge in [0.15, 0.2) is 0 Å². The average Bonchev–Trinajstić information content (AvgIpc) is 1.99. The lowest BCUT2D eigenvalue weighted by Crippen LogP contribution is -2.51. The van der Waals surface area contributed by atoms with Crippen molar-refractivity contribution in [2.45, 2.75) is 18.4 Å². The summed E-state index contributed by atoms with van der Waals surface area (Å²) in [6.45, 7) is -0.768. The number of hydrogen-bond donors (Lipinski definition) is 4. The van der Waals surface area contributed by atoms with Gasteiger partial charge in [-0.25, -0.2) is 0 Å². The summed E-state index contributed by atoms with van der Waals surface area (Å²) in [7, 11) is 0. The number of aliphatic carboxylic acids is 2. The topological polar surface area (TPSA) is 121 Å². The molecule has 0 aromatic heterocycles. The second kappa shape index (κ2) is 4.03. The highest BCUT2D eigenvalue weighted by Crippen LogP contribution is 2.08. The molecule has 6 heteroatoms. The number of carboxylic acids is 2. The molecule has 1 atom stereocenters. The highest BCUT2D eigenvalue weighted by Gasteiger charge is 2.33. The fourth-order valence-electron chi connectivity index (χ4n) is 0.584. The molecule has 0 aliphatic carbocycles. The molecule has 0 radical (unpaired) electrons. The summed E-state index contributed by atoms with van der Waals surface area (Å²) in [4.78, 5) is 20.4. The zero-order chi connectivity index (χ0) is 9.78. The van der Waals surface area contributed by atoms with Gasteiger partial charge >= 0.3 is 11.9 Å². The Morgan fingerprint density at radius 1 is 1.33 bits per heavy atom. The third kappa shape index (κ3) is 2.85. The molecule has 5 N–H and O–H groups in total. The van der Waals surface area contributed by atoms with Crippen LogP contribution >= 0.6 is 0 Å². The molecule has 0 aromatic rings. The van der Waals surface area contributed by atoms with Gasteiger partial charge in [0.1, 0.15) is 5.54 Å². The van der Waals surface area contributed by atoms with Crippen molar-refractivity contribution in [3.63, 3.8) is 0 Å². The number of aliphatic hydroxyl groups is 1. The number of aliphatic hydroxyl groups excluding tert-OH is 1. The third-order valence-corrected chi connectivity index (χ3v) is 1.49. The van der Waals surface area contributed by atoms with Crippen molar-refractivity contribution in [2.75, 3.05) is 6.61 Å². The van der Waals surface area contributed by atoms with Gasteiger partial charge in [0.05, 0.1) is 6.61 Å². The lowest BCUT2D eigenvalue weighted by Gasteiger charge is -2.20. The summed E-state index contributed by atoms with van der Waals surface area (Å²) in [6, 6.07) is 0. The molecule has 0 bridgehead atoms. The van der Waals surface area contributed by atoms with E-state index in [-0.39, 0.29) is 12.8 Å². The fraction of sp³-hybridized carbons (Fsp3) is 0.667. The molecular formula is C6H11NO5. The van der Waals surface area contributed by atoms with Crippen LogP contribution in [-0.2, 0) is 9.59 Å². The van der Waals surface area contributed by atoms with Gasteiger partial charge in [-0.1, -0.05) is 0 Å². The molecule has 0 rings (SSSR count). The lowest BCUT2D eigenvalue weighted by molar-refractivity contribution is -0.146. The Balaban J connectivity index is 4.15. The van der Waals surface area contributed by atoms with Crippen molar-refractivity contribution in [1.82, 2.24) is 0 Å². The van der Waals surface area contributed by atoms with Crippen molar-refractivity contribution >= 4 is 11.9 Å². The van der Waals surface area contributed by atoms with Gasteiger partial charge in [0, 0.05) is 6.42 Å². The second-order valence-electron chi connectivity index (χ2n) is 2.51. The smallest absolute Gasteiger partial charge is 0.326 e. The Labute approximate surface area is 68.6 Å². The van der Waals surface area contributed by atoms with Crippen LogP contribution in [0.5, 0.6) is 0 Å². The summed E-state index contributed by atoms with van der Waals surface area (Å²) in [5.74, 6) is -2.54. The van der Waals surface area contributed by atoms with Gasteiger partial charge in [0.25, 0.3) is 0 Å². The SMILES string of the molecule is N[C@@](CO)(CCC(=O)O)C(=O)O. The molecule has 0 aromatic carbocycles. The van der Waals surface area contributed by atoms with E-state index in [0.29, 0.717) is 0 Å². The molecule has 0 amide bonds.